The summed E-state index contributed by atoms with van der Waals surface area (Å²) < 4.78 is 2.43. The van der Waals surface area contributed by atoms with Gasteiger partial charge in [0.2, 0.25) is 0 Å². The molecule has 9 aromatic carbocycles. The third-order valence-electron chi connectivity index (χ3n) is 10.9. The van der Waals surface area contributed by atoms with Crippen molar-refractivity contribution in [3.05, 3.63) is 194 Å². The van der Waals surface area contributed by atoms with E-state index in [1.807, 2.05) is 12.3 Å². The van der Waals surface area contributed by atoms with Crippen LogP contribution in [0.2, 0.25) is 0 Å². The Morgan fingerprint density at radius 3 is 1.74 bits per heavy atom. The van der Waals surface area contributed by atoms with Gasteiger partial charge in [-0.2, -0.15) is 0 Å². The fourth-order valence-corrected chi connectivity index (χ4v) is 8.58. The van der Waals surface area contributed by atoms with Crippen LogP contribution in [0, 0.1) is 0 Å². The molecule has 0 saturated heterocycles. The van der Waals surface area contributed by atoms with E-state index in [1.165, 1.54) is 82.4 Å². The number of hydrogen-bond acceptors (Lipinski definition) is 1. The number of fused-ring (bicyclic) bond motifs is 2. The van der Waals surface area contributed by atoms with Crippen molar-refractivity contribution in [2.24, 2.45) is 0 Å². The van der Waals surface area contributed by atoms with Crippen LogP contribution in [0.5, 0.6) is 0 Å². The maximum atomic E-state index is 4.83. The minimum Gasteiger partial charge on any atom is -0.309 e. The molecule has 0 aliphatic heterocycles. The van der Waals surface area contributed by atoms with Gasteiger partial charge in [-0.05, 0) is 115 Å². The van der Waals surface area contributed by atoms with E-state index in [2.05, 4.69) is 187 Å². The highest BCUT2D eigenvalue weighted by Gasteiger charge is 2.19. The largest absolute Gasteiger partial charge is 0.309 e. The molecule has 246 valence electrons. The van der Waals surface area contributed by atoms with Crippen molar-refractivity contribution in [2.75, 3.05) is 0 Å². The summed E-state index contributed by atoms with van der Waals surface area (Å²) in [6, 6.07) is 68.6. The fourth-order valence-electron chi connectivity index (χ4n) is 8.58. The quantitative estimate of drug-likeness (QED) is 0.166. The van der Waals surface area contributed by atoms with Crippen LogP contribution in [-0.2, 0) is 0 Å². The fraction of sp³-hybridized carbons (Fsp3) is 0. The van der Waals surface area contributed by atoms with Gasteiger partial charge in [-0.15, -0.1) is 0 Å². The van der Waals surface area contributed by atoms with Gasteiger partial charge in [0.15, 0.2) is 0 Å². The Bertz CT molecular complexity index is 3150. The van der Waals surface area contributed by atoms with Crippen LogP contribution in [0.15, 0.2) is 194 Å². The summed E-state index contributed by atoms with van der Waals surface area (Å²) >= 11 is 0. The Morgan fingerprint density at radius 1 is 0.340 bits per heavy atom. The molecule has 0 fully saturated rings. The minimum atomic E-state index is 1.01. The van der Waals surface area contributed by atoms with Gasteiger partial charge in [-0.1, -0.05) is 133 Å². The van der Waals surface area contributed by atoms with Crippen LogP contribution in [0.4, 0.5) is 0 Å². The van der Waals surface area contributed by atoms with Crippen molar-refractivity contribution in [3.63, 3.8) is 0 Å². The van der Waals surface area contributed by atoms with E-state index in [0.717, 1.165) is 22.0 Å². The van der Waals surface area contributed by atoms with Gasteiger partial charge in [0.25, 0.3) is 0 Å². The van der Waals surface area contributed by atoms with Crippen molar-refractivity contribution >= 4 is 54.3 Å². The third-order valence-corrected chi connectivity index (χ3v) is 10.9. The normalized spacial score (nSPS) is 11.8. The average molecular weight is 673 g/mol. The molecular weight excluding hydrogens is 641 g/mol. The van der Waals surface area contributed by atoms with Gasteiger partial charge in [0.1, 0.15) is 0 Å². The van der Waals surface area contributed by atoms with Crippen LogP contribution in [0.25, 0.3) is 104 Å². The lowest BCUT2D eigenvalue weighted by Gasteiger charge is -2.16. The lowest BCUT2D eigenvalue weighted by molar-refractivity contribution is 1.18. The van der Waals surface area contributed by atoms with Crippen molar-refractivity contribution in [3.8, 4) is 50.2 Å². The highest BCUT2D eigenvalue weighted by atomic mass is 15.0. The van der Waals surface area contributed by atoms with Crippen LogP contribution in [0.3, 0.4) is 0 Å². The summed E-state index contributed by atoms with van der Waals surface area (Å²) in [7, 11) is 0. The predicted octanol–water partition coefficient (Wildman–Crippen LogP) is 13.7. The lowest BCUT2D eigenvalue weighted by atomic mass is 9.88. The molecule has 0 aliphatic rings. The minimum absolute atomic E-state index is 1.01. The summed E-state index contributed by atoms with van der Waals surface area (Å²) in [4.78, 5) is 4.83. The molecule has 0 atom stereocenters. The zero-order valence-corrected chi connectivity index (χ0v) is 28.9. The predicted molar refractivity (Wildman–Crippen MR) is 224 cm³/mol. The molecule has 0 aliphatic carbocycles. The van der Waals surface area contributed by atoms with Gasteiger partial charge in [-0.25, -0.2) is 0 Å². The number of pyridine rings is 1. The average Bonchev–Trinajstić information content (AvgIpc) is 3.58. The van der Waals surface area contributed by atoms with E-state index < -0.39 is 0 Å². The van der Waals surface area contributed by atoms with E-state index in [-0.39, 0.29) is 0 Å². The molecule has 0 radical (unpaired) electrons. The number of aromatic nitrogens is 2. The zero-order valence-electron chi connectivity index (χ0n) is 28.9. The molecule has 2 aromatic heterocycles. The van der Waals surface area contributed by atoms with Crippen molar-refractivity contribution in [1.29, 1.82) is 0 Å². The molecule has 11 rings (SSSR count). The third kappa shape index (κ3) is 4.70. The van der Waals surface area contributed by atoms with Crippen LogP contribution < -0.4 is 0 Å². The van der Waals surface area contributed by atoms with E-state index in [9.17, 15) is 0 Å². The van der Waals surface area contributed by atoms with E-state index >= 15 is 0 Å². The molecule has 2 nitrogen and oxygen atoms in total. The van der Waals surface area contributed by atoms with Gasteiger partial charge < -0.3 is 4.57 Å². The Labute approximate surface area is 307 Å². The molecule has 53 heavy (non-hydrogen) atoms. The maximum Gasteiger partial charge on any atom is 0.0780 e. The first-order chi connectivity index (χ1) is 26.3. The van der Waals surface area contributed by atoms with Crippen molar-refractivity contribution in [2.45, 2.75) is 0 Å². The molecule has 0 spiro atoms. The number of benzene rings is 9. The van der Waals surface area contributed by atoms with Gasteiger partial charge in [-0.3, -0.25) is 4.98 Å². The number of nitrogens with zero attached hydrogens (tertiary/aromatic N) is 2. The Morgan fingerprint density at radius 2 is 0.943 bits per heavy atom. The van der Waals surface area contributed by atoms with E-state index in [4.69, 9.17) is 4.98 Å². The first-order valence-corrected chi connectivity index (χ1v) is 18.2. The first kappa shape index (κ1) is 29.7. The number of para-hydroxylation sites is 2. The van der Waals surface area contributed by atoms with Crippen LogP contribution in [-0.4, -0.2) is 9.55 Å². The molecule has 2 heteroatoms. The Hall–Kier alpha value is -7.03. The van der Waals surface area contributed by atoms with E-state index in [0.29, 0.717) is 0 Å². The first-order valence-electron chi connectivity index (χ1n) is 18.2. The van der Waals surface area contributed by atoms with E-state index in [1.54, 1.807) is 0 Å². The second kappa shape index (κ2) is 11.8. The molecule has 0 amide bonds. The van der Waals surface area contributed by atoms with Gasteiger partial charge >= 0.3 is 0 Å². The summed E-state index contributed by atoms with van der Waals surface area (Å²) in [5.41, 5.74) is 14.1. The standard InChI is InChI=1S/C51H32N2/c1-3-12-33(13-4-1)37-29-38(31-39(30-37)44-21-9-15-35-16-11-27-52-51(35)44)42-25-26-43(46-20-8-7-19-45(42)46)40-28-36-24-23-34-14-10-22-47-49(34)50(36)48(32-40)53(47)41-17-5-2-6-18-41/h1-32H. The van der Waals surface area contributed by atoms with Crippen molar-refractivity contribution in [1.82, 2.24) is 9.55 Å². The zero-order chi connectivity index (χ0) is 34.9. The monoisotopic (exact) mass is 672 g/mol. The highest BCUT2D eigenvalue weighted by molar-refractivity contribution is 6.25. The SMILES string of the molecule is c1ccc(-c2cc(-c3ccc(-c4cc5ccc6cccc7c6c5c(c4)n7-c4ccccc4)c4ccccc34)cc(-c3cccc4cccnc34)c2)cc1. The second-order valence-corrected chi connectivity index (χ2v) is 14.0. The van der Waals surface area contributed by atoms with Crippen LogP contribution >= 0.6 is 0 Å². The molecule has 0 saturated carbocycles. The molecule has 2 heterocycles. The Kier molecular flexibility index (Phi) is 6.59. The summed E-state index contributed by atoms with van der Waals surface area (Å²) in [6.45, 7) is 0. The van der Waals surface area contributed by atoms with Crippen molar-refractivity contribution < 1.29 is 0 Å². The van der Waals surface area contributed by atoms with Gasteiger partial charge in [0, 0.05) is 33.6 Å². The summed E-state index contributed by atoms with van der Waals surface area (Å²) in [5, 5.41) is 8.78. The lowest BCUT2D eigenvalue weighted by Crippen LogP contribution is -1.93. The highest BCUT2D eigenvalue weighted by Crippen LogP contribution is 2.44. The Balaban J connectivity index is 1.15. The number of hydrogen-bond donors (Lipinski definition) is 0. The molecule has 0 bridgehead atoms. The molecular formula is C51H32N2. The number of rotatable bonds is 5. The topological polar surface area (TPSA) is 17.8 Å². The van der Waals surface area contributed by atoms with Gasteiger partial charge in [0.05, 0.1) is 16.6 Å². The second-order valence-electron chi connectivity index (χ2n) is 14.0. The molecule has 0 unspecified atom stereocenters. The van der Waals surface area contributed by atoms with Crippen LogP contribution in [0.1, 0.15) is 0 Å². The smallest absolute Gasteiger partial charge is 0.0780 e. The molecule has 0 N–H and O–H groups in total. The maximum absolute atomic E-state index is 4.83. The summed E-state index contributed by atoms with van der Waals surface area (Å²) in [5.74, 6) is 0. The molecule has 11 aromatic rings. The summed E-state index contributed by atoms with van der Waals surface area (Å²) in [6.07, 6.45) is 1.89.